The van der Waals surface area contributed by atoms with Crippen molar-refractivity contribution in [2.24, 2.45) is 0 Å². The Morgan fingerprint density at radius 2 is 1.80 bits per heavy atom. The minimum Gasteiger partial charge on any atom is -0.299 e. The van der Waals surface area contributed by atoms with E-state index in [2.05, 4.69) is 53.9 Å². The third kappa shape index (κ3) is 2.61. The summed E-state index contributed by atoms with van der Waals surface area (Å²) in [4.78, 5) is 2.48. The molecule has 0 heterocycles. The second-order valence-corrected chi connectivity index (χ2v) is 5.58. The van der Waals surface area contributed by atoms with Crippen LogP contribution in [0, 0.1) is 13.8 Å². The van der Waals surface area contributed by atoms with Crippen molar-refractivity contribution in [3.63, 3.8) is 0 Å². The summed E-state index contributed by atoms with van der Waals surface area (Å²) in [5.74, 6) is 0. The Hall–Kier alpha value is -0.340. The second kappa shape index (κ2) is 4.26. The van der Waals surface area contributed by atoms with E-state index < -0.39 is 0 Å². The summed E-state index contributed by atoms with van der Waals surface area (Å²) >= 11 is 3.54. The average molecular weight is 268 g/mol. The van der Waals surface area contributed by atoms with Crippen molar-refractivity contribution in [3.8, 4) is 0 Å². The number of halogens is 1. The van der Waals surface area contributed by atoms with Crippen LogP contribution in [-0.2, 0) is 6.54 Å². The molecule has 0 atom stereocenters. The summed E-state index contributed by atoms with van der Waals surface area (Å²) in [5, 5.41) is 0. The van der Waals surface area contributed by atoms with E-state index in [9.17, 15) is 0 Å². The van der Waals surface area contributed by atoms with E-state index in [0.29, 0.717) is 0 Å². The Balaban J connectivity index is 2.19. The molecule has 1 aliphatic rings. The van der Waals surface area contributed by atoms with Crippen LogP contribution in [0.25, 0.3) is 0 Å². The quantitative estimate of drug-likeness (QED) is 0.808. The van der Waals surface area contributed by atoms with Gasteiger partial charge >= 0.3 is 0 Å². The van der Waals surface area contributed by atoms with Gasteiger partial charge in [-0.2, -0.15) is 0 Å². The van der Waals surface area contributed by atoms with Crippen molar-refractivity contribution < 1.29 is 0 Å². The highest BCUT2D eigenvalue weighted by Crippen LogP contribution is 2.29. The van der Waals surface area contributed by atoms with Gasteiger partial charge in [0.1, 0.15) is 0 Å². The largest absolute Gasteiger partial charge is 0.299 e. The molecule has 1 aliphatic carbocycles. The van der Waals surface area contributed by atoms with Gasteiger partial charge in [-0.25, -0.2) is 0 Å². The van der Waals surface area contributed by atoms with Crippen molar-refractivity contribution in [1.82, 2.24) is 4.90 Å². The molecule has 0 spiro atoms. The van der Waals surface area contributed by atoms with Crippen LogP contribution in [0.1, 0.15) is 29.5 Å². The van der Waals surface area contributed by atoms with Gasteiger partial charge < -0.3 is 0 Å². The molecule has 0 radical (unpaired) electrons. The van der Waals surface area contributed by atoms with E-state index in [-0.39, 0.29) is 0 Å². The number of hydrogen-bond acceptors (Lipinski definition) is 1. The van der Waals surface area contributed by atoms with Crippen LogP contribution in [0.15, 0.2) is 16.6 Å². The predicted octanol–water partition coefficient (Wildman–Crippen LogP) is 3.66. The fraction of sp³-hybridized carbons (Fsp3) is 0.538. The molecular formula is C13H18BrN. The average Bonchev–Trinajstić information content (AvgIpc) is 2.93. The Kier molecular flexibility index (Phi) is 3.17. The maximum absolute atomic E-state index is 3.54. The molecule has 15 heavy (non-hydrogen) atoms. The van der Waals surface area contributed by atoms with Crippen molar-refractivity contribution in [2.75, 3.05) is 7.05 Å². The van der Waals surface area contributed by atoms with Crippen LogP contribution in [0.5, 0.6) is 0 Å². The van der Waals surface area contributed by atoms with Gasteiger partial charge in [0, 0.05) is 17.1 Å². The van der Waals surface area contributed by atoms with Gasteiger partial charge in [-0.05, 0) is 62.6 Å². The van der Waals surface area contributed by atoms with Gasteiger partial charge in [0.15, 0.2) is 0 Å². The predicted molar refractivity (Wildman–Crippen MR) is 68.1 cm³/mol. The van der Waals surface area contributed by atoms with Gasteiger partial charge in [0.25, 0.3) is 0 Å². The van der Waals surface area contributed by atoms with E-state index in [1.165, 1.54) is 34.0 Å². The van der Waals surface area contributed by atoms with Crippen LogP contribution in [0.2, 0.25) is 0 Å². The van der Waals surface area contributed by atoms with Crippen LogP contribution in [-0.4, -0.2) is 18.0 Å². The molecule has 1 nitrogen and oxygen atoms in total. The smallest absolute Gasteiger partial charge is 0.0238 e. The standard InChI is InChI=1S/C13H18BrN/c1-9-6-11(14)7-10(2)13(9)8-15(3)12-4-5-12/h6-7,12H,4-5,8H2,1-3H3. The highest BCUT2D eigenvalue weighted by Gasteiger charge is 2.26. The summed E-state index contributed by atoms with van der Waals surface area (Å²) in [5.41, 5.74) is 4.29. The van der Waals surface area contributed by atoms with Crippen LogP contribution in [0.3, 0.4) is 0 Å². The first-order valence-electron chi connectivity index (χ1n) is 5.54. The van der Waals surface area contributed by atoms with Crippen LogP contribution < -0.4 is 0 Å². The minimum atomic E-state index is 0.840. The van der Waals surface area contributed by atoms with Crippen LogP contribution >= 0.6 is 15.9 Å². The first kappa shape index (κ1) is 11.2. The van der Waals surface area contributed by atoms with Crippen molar-refractivity contribution >= 4 is 15.9 Å². The van der Waals surface area contributed by atoms with Gasteiger partial charge in [0.05, 0.1) is 0 Å². The maximum atomic E-state index is 3.54. The Morgan fingerprint density at radius 1 is 1.27 bits per heavy atom. The molecular weight excluding hydrogens is 250 g/mol. The molecule has 0 saturated heterocycles. The molecule has 0 unspecified atom stereocenters. The zero-order valence-electron chi connectivity index (χ0n) is 9.68. The number of rotatable bonds is 3. The van der Waals surface area contributed by atoms with Crippen molar-refractivity contribution in [3.05, 3.63) is 33.3 Å². The Bertz CT molecular complexity index is 346. The number of benzene rings is 1. The van der Waals surface area contributed by atoms with Gasteiger partial charge in [-0.1, -0.05) is 15.9 Å². The summed E-state index contributed by atoms with van der Waals surface area (Å²) < 4.78 is 1.19. The monoisotopic (exact) mass is 267 g/mol. The molecule has 1 saturated carbocycles. The zero-order valence-corrected chi connectivity index (χ0v) is 11.3. The van der Waals surface area contributed by atoms with Gasteiger partial charge in [-0.15, -0.1) is 0 Å². The number of nitrogens with zero attached hydrogens (tertiary/aromatic N) is 1. The molecule has 1 aromatic rings. The first-order valence-corrected chi connectivity index (χ1v) is 6.33. The van der Waals surface area contributed by atoms with Gasteiger partial charge in [-0.3, -0.25) is 4.90 Å². The molecule has 0 N–H and O–H groups in total. The molecule has 0 aliphatic heterocycles. The Morgan fingerprint density at radius 3 is 2.27 bits per heavy atom. The molecule has 0 amide bonds. The number of aryl methyl sites for hydroxylation is 2. The molecule has 0 aromatic heterocycles. The van der Waals surface area contributed by atoms with Gasteiger partial charge in [0.2, 0.25) is 0 Å². The van der Waals surface area contributed by atoms with Crippen LogP contribution in [0.4, 0.5) is 0 Å². The van der Waals surface area contributed by atoms with E-state index in [1.807, 2.05) is 0 Å². The fourth-order valence-electron chi connectivity index (χ4n) is 2.08. The topological polar surface area (TPSA) is 3.24 Å². The van der Waals surface area contributed by atoms with Crippen molar-refractivity contribution in [2.45, 2.75) is 39.3 Å². The normalized spacial score (nSPS) is 16.1. The Labute approximate surface area is 101 Å². The molecule has 1 fully saturated rings. The lowest BCUT2D eigenvalue weighted by Crippen LogP contribution is -2.21. The second-order valence-electron chi connectivity index (χ2n) is 4.66. The molecule has 82 valence electrons. The summed E-state index contributed by atoms with van der Waals surface area (Å²) in [7, 11) is 2.23. The first-order chi connectivity index (χ1) is 7.08. The molecule has 2 rings (SSSR count). The fourth-order valence-corrected chi connectivity index (χ4v) is 2.77. The lowest BCUT2D eigenvalue weighted by molar-refractivity contribution is 0.315. The van der Waals surface area contributed by atoms with E-state index in [1.54, 1.807) is 0 Å². The van der Waals surface area contributed by atoms with E-state index in [4.69, 9.17) is 0 Å². The SMILES string of the molecule is Cc1cc(Br)cc(C)c1CN(C)C1CC1. The number of hydrogen-bond donors (Lipinski definition) is 0. The summed E-state index contributed by atoms with van der Waals surface area (Å²) in [6.07, 6.45) is 2.76. The highest BCUT2D eigenvalue weighted by molar-refractivity contribution is 9.10. The lowest BCUT2D eigenvalue weighted by Gasteiger charge is -2.19. The third-order valence-corrected chi connectivity index (χ3v) is 3.70. The summed E-state index contributed by atoms with van der Waals surface area (Å²) in [6.45, 7) is 5.50. The molecule has 2 heteroatoms. The van der Waals surface area contributed by atoms with Crippen molar-refractivity contribution in [1.29, 1.82) is 0 Å². The highest BCUT2D eigenvalue weighted by atomic mass is 79.9. The zero-order chi connectivity index (χ0) is 11.0. The molecule has 0 bridgehead atoms. The molecule has 1 aromatic carbocycles. The van der Waals surface area contributed by atoms with E-state index in [0.717, 1.165) is 12.6 Å². The minimum absolute atomic E-state index is 0.840. The summed E-state index contributed by atoms with van der Waals surface area (Å²) in [6, 6.07) is 5.26. The maximum Gasteiger partial charge on any atom is 0.0238 e. The third-order valence-electron chi connectivity index (χ3n) is 3.24. The van der Waals surface area contributed by atoms with E-state index >= 15 is 0 Å². The lowest BCUT2D eigenvalue weighted by atomic mass is 10.0.